The van der Waals surface area contributed by atoms with Crippen LogP contribution in [0.3, 0.4) is 0 Å². The molecular weight excluding hydrogens is 443 g/mol. The van der Waals surface area contributed by atoms with E-state index in [0.29, 0.717) is 22.7 Å². The second-order valence-electron chi connectivity index (χ2n) is 6.80. The Kier molecular flexibility index (Phi) is 6.82. The number of imidazole rings is 1. The molecule has 2 N–H and O–H groups in total. The zero-order valence-electron chi connectivity index (χ0n) is 17.0. The summed E-state index contributed by atoms with van der Waals surface area (Å²) >= 11 is 12.3. The van der Waals surface area contributed by atoms with Gasteiger partial charge in [0.25, 0.3) is 5.91 Å². The molecule has 0 aliphatic rings. The molecule has 0 saturated carbocycles. The van der Waals surface area contributed by atoms with E-state index in [4.69, 9.17) is 23.2 Å². The van der Waals surface area contributed by atoms with Gasteiger partial charge in [0.05, 0.1) is 46.2 Å². The molecule has 0 bridgehead atoms. The highest BCUT2D eigenvalue weighted by atomic mass is 35.5. The number of methoxy groups -OCH3 is 1. The molecule has 162 valence electrons. The van der Waals surface area contributed by atoms with Gasteiger partial charge in [0.2, 0.25) is 5.91 Å². The fourth-order valence-electron chi connectivity index (χ4n) is 3.12. The van der Waals surface area contributed by atoms with Crippen LogP contribution in [0.1, 0.15) is 28.7 Å². The van der Waals surface area contributed by atoms with Gasteiger partial charge in [-0.15, -0.1) is 0 Å². The van der Waals surface area contributed by atoms with E-state index in [2.05, 4.69) is 20.4 Å². The number of carbonyl (C=O) groups excluding carboxylic acids is 3. The molecule has 0 spiro atoms. The predicted octanol–water partition coefficient (Wildman–Crippen LogP) is 3.42. The van der Waals surface area contributed by atoms with Gasteiger partial charge in [0.1, 0.15) is 6.04 Å². The van der Waals surface area contributed by atoms with E-state index in [-0.39, 0.29) is 27.9 Å². The van der Waals surface area contributed by atoms with E-state index in [1.54, 1.807) is 54.8 Å². The van der Waals surface area contributed by atoms with Gasteiger partial charge in [-0.05, 0) is 38.1 Å². The number of pyridine rings is 1. The van der Waals surface area contributed by atoms with E-state index < -0.39 is 17.9 Å². The number of anilines is 1. The van der Waals surface area contributed by atoms with Crippen molar-refractivity contribution in [3.05, 3.63) is 63.5 Å². The molecule has 31 heavy (non-hydrogen) atoms. The summed E-state index contributed by atoms with van der Waals surface area (Å²) in [6.07, 6.45) is 1.72. The number of hydrogen-bond donors (Lipinski definition) is 2. The maximum absolute atomic E-state index is 12.8. The normalized spacial score (nSPS) is 11.8. The number of carbonyl (C=O) groups is 3. The number of nitrogens with one attached hydrogen (secondary N) is 2. The van der Waals surface area contributed by atoms with Gasteiger partial charge in [-0.3, -0.25) is 9.59 Å². The van der Waals surface area contributed by atoms with Gasteiger partial charge in [0.15, 0.2) is 5.65 Å². The maximum Gasteiger partial charge on any atom is 0.328 e. The van der Waals surface area contributed by atoms with Crippen molar-refractivity contribution in [1.29, 1.82) is 0 Å². The van der Waals surface area contributed by atoms with Crippen molar-refractivity contribution in [3.8, 4) is 0 Å². The van der Waals surface area contributed by atoms with Crippen LogP contribution in [0.5, 0.6) is 0 Å². The Morgan fingerprint density at radius 3 is 2.48 bits per heavy atom. The van der Waals surface area contributed by atoms with Crippen molar-refractivity contribution in [2.45, 2.75) is 26.3 Å². The molecule has 0 radical (unpaired) electrons. The zero-order chi connectivity index (χ0) is 22.7. The van der Waals surface area contributed by atoms with Crippen LogP contribution in [0.4, 0.5) is 5.69 Å². The van der Waals surface area contributed by atoms with Crippen LogP contribution in [0.15, 0.2) is 36.5 Å². The number of rotatable bonds is 6. The van der Waals surface area contributed by atoms with Crippen molar-refractivity contribution in [1.82, 2.24) is 14.7 Å². The summed E-state index contributed by atoms with van der Waals surface area (Å²) in [7, 11) is 1.26. The summed E-state index contributed by atoms with van der Waals surface area (Å²) in [6.45, 7) is 3.30. The molecule has 0 fully saturated rings. The SMILES string of the molecule is COC(=O)[C@H](C)NC(=O)Cc1c(C)nc2c(NC(=O)c3c(Cl)cccc3Cl)cccn12. The Labute approximate surface area is 188 Å². The Morgan fingerprint density at radius 2 is 1.84 bits per heavy atom. The third kappa shape index (κ3) is 4.81. The van der Waals surface area contributed by atoms with Crippen LogP contribution >= 0.6 is 23.2 Å². The van der Waals surface area contributed by atoms with E-state index in [0.717, 1.165) is 0 Å². The highest BCUT2D eigenvalue weighted by Crippen LogP contribution is 2.27. The second kappa shape index (κ2) is 9.36. The molecule has 1 aromatic carbocycles. The van der Waals surface area contributed by atoms with Gasteiger partial charge >= 0.3 is 5.97 Å². The molecule has 0 aliphatic carbocycles. The van der Waals surface area contributed by atoms with Gasteiger partial charge < -0.3 is 19.8 Å². The van der Waals surface area contributed by atoms with Crippen LogP contribution in [0.2, 0.25) is 10.0 Å². The van der Waals surface area contributed by atoms with Crippen LogP contribution in [0, 0.1) is 6.92 Å². The number of hydrogen-bond acceptors (Lipinski definition) is 5. The van der Waals surface area contributed by atoms with Gasteiger partial charge in [0, 0.05) is 6.20 Å². The van der Waals surface area contributed by atoms with Crippen molar-refractivity contribution in [2.75, 3.05) is 12.4 Å². The summed E-state index contributed by atoms with van der Waals surface area (Å²) in [6, 6.07) is 7.44. The smallest absolute Gasteiger partial charge is 0.328 e. The lowest BCUT2D eigenvalue weighted by Gasteiger charge is -2.12. The first-order chi connectivity index (χ1) is 14.7. The molecule has 2 heterocycles. The number of halogens is 2. The quantitative estimate of drug-likeness (QED) is 0.546. The molecule has 2 aromatic heterocycles. The monoisotopic (exact) mass is 462 g/mol. The molecule has 3 rings (SSSR count). The minimum Gasteiger partial charge on any atom is -0.467 e. The largest absolute Gasteiger partial charge is 0.467 e. The molecule has 10 heteroatoms. The fourth-order valence-corrected chi connectivity index (χ4v) is 3.69. The Balaban J connectivity index is 1.87. The first kappa shape index (κ1) is 22.6. The number of fused-ring (bicyclic) bond motifs is 1. The molecule has 1 atom stereocenters. The Bertz CT molecular complexity index is 1160. The average molecular weight is 463 g/mol. The Hall–Kier alpha value is -3.10. The molecule has 2 amide bonds. The number of nitrogens with zero attached hydrogens (tertiary/aromatic N) is 2. The summed E-state index contributed by atoms with van der Waals surface area (Å²) < 4.78 is 6.33. The minimum absolute atomic E-state index is 0.0118. The van der Waals surface area contributed by atoms with E-state index in [9.17, 15) is 14.4 Å². The highest BCUT2D eigenvalue weighted by Gasteiger charge is 2.21. The van der Waals surface area contributed by atoms with Gasteiger partial charge in [-0.25, -0.2) is 9.78 Å². The lowest BCUT2D eigenvalue weighted by Crippen LogP contribution is -2.40. The minimum atomic E-state index is -0.771. The van der Waals surface area contributed by atoms with Crippen molar-refractivity contribution in [2.24, 2.45) is 0 Å². The molecule has 8 nitrogen and oxygen atoms in total. The number of amides is 2. The third-order valence-electron chi connectivity index (χ3n) is 4.65. The van der Waals surface area contributed by atoms with Gasteiger partial charge in [-0.2, -0.15) is 0 Å². The maximum atomic E-state index is 12.8. The standard InChI is InChI=1S/C21H20Cl2N4O4/c1-11-16(10-17(28)24-12(2)21(30)31-3)27-9-5-8-15(19(27)25-11)26-20(29)18-13(22)6-4-7-14(18)23/h4-9,12H,10H2,1-3H3,(H,24,28)(H,26,29)/t12-/m0/s1. The number of esters is 1. The molecule has 0 saturated heterocycles. The predicted molar refractivity (Wildman–Crippen MR) is 118 cm³/mol. The fraction of sp³-hybridized carbons (Fsp3) is 0.238. The highest BCUT2D eigenvalue weighted by molar-refractivity contribution is 6.40. The van der Waals surface area contributed by atoms with Gasteiger partial charge in [-0.1, -0.05) is 29.3 Å². The number of ether oxygens (including phenoxy) is 1. The first-order valence-electron chi connectivity index (χ1n) is 9.32. The second-order valence-corrected chi connectivity index (χ2v) is 7.61. The van der Waals surface area contributed by atoms with E-state index >= 15 is 0 Å². The van der Waals surface area contributed by atoms with E-state index in [1.165, 1.54) is 7.11 Å². The van der Waals surface area contributed by atoms with Crippen LogP contribution < -0.4 is 10.6 Å². The summed E-state index contributed by atoms with van der Waals surface area (Å²) in [4.78, 5) is 41.2. The first-order valence-corrected chi connectivity index (χ1v) is 10.1. The molecule has 0 unspecified atom stereocenters. The average Bonchev–Trinajstić information content (AvgIpc) is 3.03. The van der Waals surface area contributed by atoms with Crippen LogP contribution in [0.25, 0.3) is 5.65 Å². The van der Waals surface area contributed by atoms with Crippen molar-refractivity contribution >= 4 is 52.3 Å². The third-order valence-corrected chi connectivity index (χ3v) is 5.28. The van der Waals surface area contributed by atoms with Crippen molar-refractivity contribution < 1.29 is 19.1 Å². The zero-order valence-corrected chi connectivity index (χ0v) is 18.5. The number of benzene rings is 1. The summed E-state index contributed by atoms with van der Waals surface area (Å²) in [5, 5.41) is 5.83. The van der Waals surface area contributed by atoms with Crippen LogP contribution in [-0.2, 0) is 20.7 Å². The summed E-state index contributed by atoms with van der Waals surface area (Å²) in [5.74, 6) is -1.37. The summed E-state index contributed by atoms with van der Waals surface area (Å²) in [5.41, 5.74) is 2.28. The molecule has 3 aromatic rings. The topological polar surface area (TPSA) is 102 Å². The Morgan fingerprint density at radius 1 is 1.16 bits per heavy atom. The lowest BCUT2D eigenvalue weighted by molar-refractivity contribution is -0.144. The van der Waals surface area contributed by atoms with E-state index in [1.807, 2.05) is 0 Å². The molecular formula is C21H20Cl2N4O4. The lowest BCUT2D eigenvalue weighted by atomic mass is 10.2. The number of aromatic nitrogens is 2. The van der Waals surface area contributed by atoms with Crippen LogP contribution in [-0.4, -0.2) is 40.3 Å². The molecule has 0 aliphatic heterocycles. The van der Waals surface area contributed by atoms with Crippen molar-refractivity contribution in [3.63, 3.8) is 0 Å². The number of aryl methyl sites for hydroxylation is 1.